The molecule has 2 fully saturated rings. The van der Waals surface area contributed by atoms with E-state index >= 15 is 0 Å². The summed E-state index contributed by atoms with van der Waals surface area (Å²) in [7, 11) is 3.52. The number of ether oxygens (including phenoxy) is 2. The molecule has 0 aliphatic carbocycles. The Balaban J connectivity index is 0.00000338. The van der Waals surface area contributed by atoms with Crippen molar-refractivity contribution in [1.29, 1.82) is 0 Å². The Labute approximate surface area is 174 Å². The summed E-state index contributed by atoms with van der Waals surface area (Å²) >= 11 is 0. The van der Waals surface area contributed by atoms with Crippen molar-refractivity contribution < 1.29 is 14.3 Å². The molecular formula is C18H35IN4O3. The Morgan fingerprint density at radius 1 is 1.35 bits per heavy atom. The number of carbonyl (C=O) groups excluding carboxylic acids is 1. The number of likely N-dealkylation sites (N-methyl/N-ethyl adjacent to an activating group) is 1. The molecule has 0 aromatic rings. The van der Waals surface area contributed by atoms with Gasteiger partial charge in [-0.1, -0.05) is 0 Å². The minimum absolute atomic E-state index is 0. The second-order valence-corrected chi connectivity index (χ2v) is 7.06. The number of halogens is 1. The Morgan fingerprint density at radius 3 is 2.81 bits per heavy atom. The van der Waals surface area contributed by atoms with Gasteiger partial charge in [-0.3, -0.25) is 4.79 Å². The van der Waals surface area contributed by atoms with E-state index < -0.39 is 0 Å². The maximum Gasteiger partial charge on any atom is 0.243 e. The lowest BCUT2D eigenvalue weighted by molar-refractivity contribution is -0.127. The van der Waals surface area contributed by atoms with Crippen molar-refractivity contribution in [3.8, 4) is 0 Å². The molecular weight excluding hydrogens is 447 g/mol. The van der Waals surface area contributed by atoms with Crippen LogP contribution in [0.3, 0.4) is 0 Å². The van der Waals surface area contributed by atoms with Crippen molar-refractivity contribution in [2.75, 3.05) is 60.1 Å². The fourth-order valence-electron chi connectivity index (χ4n) is 3.17. The zero-order valence-electron chi connectivity index (χ0n) is 16.4. The largest absolute Gasteiger partial charge is 0.381 e. The molecule has 0 spiro atoms. The quantitative estimate of drug-likeness (QED) is 0.339. The third-order valence-corrected chi connectivity index (χ3v) is 4.77. The summed E-state index contributed by atoms with van der Waals surface area (Å²) < 4.78 is 11.4. The minimum Gasteiger partial charge on any atom is -0.381 e. The van der Waals surface area contributed by atoms with E-state index in [0.29, 0.717) is 5.92 Å². The van der Waals surface area contributed by atoms with E-state index in [2.05, 4.69) is 15.2 Å². The summed E-state index contributed by atoms with van der Waals surface area (Å²) in [6.45, 7) is 7.22. The Bertz CT molecular complexity index is 442. The molecule has 0 aromatic carbocycles. The topological polar surface area (TPSA) is 66.4 Å². The van der Waals surface area contributed by atoms with Crippen LogP contribution < -0.4 is 5.32 Å². The summed E-state index contributed by atoms with van der Waals surface area (Å²) in [5, 5.41) is 3.44. The maximum atomic E-state index is 11.9. The fourth-order valence-corrected chi connectivity index (χ4v) is 3.17. The smallest absolute Gasteiger partial charge is 0.243 e. The molecule has 2 atom stereocenters. The van der Waals surface area contributed by atoms with Gasteiger partial charge in [-0.25, -0.2) is 4.99 Å². The average Bonchev–Trinajstić information content (AvgIpc) is 3.09. The molecule has 7 nitrogen and oxygen atoms in total. The fraction of sp³-hybridized carbons (Fsp3) is 0.889. The van der Waals surface area contributed by atoms with Crippen LogP contribution in [0.1, 0.15) is 32.6 Å². The molecule has 2 heterocycles. The van der Waals surface area contributed by atoms with Crippen molar-refractivity contribution in [3.05, 3.63) is 0 Å². The van der Waals surface area contributed by atoms with Gasteiger partial charge in [-0.05, 0) is 32.6 Å². The van der Waals surface area contributed by atoms with Crippen LogP contribution in [0.5, 0.6) is 0 Å². The monoisotopic (exact) mass is 482 g/mol. The lowest BCUT2D eigenvalue weighted by atomic mass is 10.1. The van der Waals surface area contributed by atoms with Crippen molar-refractivity contribution in [3.63, 3.8) is 0 Å². The molecule has 26 heavy (non-hydrogen) atoms. The summed E-state index contributed by atoms with van der Waals surface area (Å²) in [4.78, 5) is 20.3. The van der Waals surface area contributed by atoms with Gasteiger partial charge < -0.3 is 24.6 Å². The first-order chi connectivity index (χ1) is 12.1. The molecule has 152 valence electrons. The Kier molecular flexibility index (Phi) is 11.5. The number of rotatable bonds is 7. The molecule has 0 bridgehead atoms. The van der Waals surface area contributed by atoms with Crippen molar-refractivity contribution in [1.82, 2.24) is 15.1 Å². The van der Waals surface area contributed by atoms with E-state index in [0.717, 1.165) is 64.7 Å². The number of nitrogens with one attached hydrogen (secondary N) is 1. The average molecular weight is 482 g/mol. The first-order valence-corrected chi connectivity index (χ1v) is 9.53. The highest BCUT2D eigenvalue weighted by molar-refractivity contribution is 14.0. The number of nitrogens with zero attached hydrogens (tertiary/aromatic N) is 3. The van der Waals surface area contributed by atoms with Crippen LogP contribution in [0.15, 0.2) is 4.99 Å². The molecule has 2 unspecified atom stereocenters. The van der Waals surface area contributed by atoms with Crippen molar-refractivity contribution in [2.24, 2.45) is 10.9 Å². The zero-order valence-corrected chi connectivity index (χ0v) is 18.7. The molecule has 1 N–H and O–H groups in total. The molecule has 2 rings (SSSR count). The number of hydrogen-bond acceptors (Lipinski definition) is 4. The van der Waals surface area contributed by atoms with Gasteiger partial charge in [0.25, 0.3) is 0 Å². The van der Waals surface area contributed by atoms with Crippen LogP contribution in [-0.4, -0.2) is 87.9 Å². The van der Waals surface area contributed by atoms with E-state index in [1.165, 1.54) is 6.42 Å². The van der Waals surface area contributed by atoms with Gasteiger partial charge in [0.15, 0.2) is 5.96 Å². The van der Waals surface area contributed by atoms with Crippen LogP contribution >= 0.6 is 24.0 Å². The number of hydrogen-bond donors (Lipinski definition) is 1. The van der Waals surface area contributed by atoms with Crippen molar-refractivity contribution >= 4 is 35.8 Å². The molecule has 0 radical (unpaired) electrons. The van der Waals surface area contributed by atoms with Gasteiger partial charge in [0, 0.05) is 52.9 Å². The van der Waals surface area contributed by atoms with Crippen LogP contribution in [0.25, 0.3) is 0 Å². The standard InChI is InChI=1S/C18H34N4O3.HI/c1-4-24-14-15-8-9-22(13-15)18(20-12-17(23)21(2)3)19-11-16-7-5-6-10-25-16;/h15-16H,4-14H2,1-3H3,(H,19,20);1H. The maximum absolute atomic E-state index is 11.9. The number of guanidine groups is 1. The highest BCUT2D eigenvalue weighted by Gasteiger charge is 2.26. The summed E-state index contributed by atoms with van der Waals surface area (Å²) in [6, 6.07) is 0. The molecule has 2 aliphatic rings. The second-order valence-electron chi connectivity index (χ2n) is 7.06. The molecule has 1 amide bonds. The molecule has 0 saturated carbocycles. The van der Waals surface area contributed by atoms with Crippen LogP contribution in [0.2, 0.25) is 0 Å². The first-order valence-electron chi connectivity index (χ1n) is 9.53. The van der Waals surface area contributed by atoms with Gasteiger partial charge in [0.1, 0.15) is 6.54 Å². The number of likely N-dealkylation sites (tertiary alicyclic amines) is 1. The lowest BCUT2D eigenvalue weighted by Crippen LogP contribution is -2.45. The predicted molar refractivity (Wildman–Crippen MR) is 114 cm³/mol. The second kappa shape index (κ2) is 12.7. The third kappa shape index (κ3) is 7.96. The normalized spacial score (nSPS) is 23.5. The molecule has 8 heteroatoms. The lowest BCUT2D eigenvalue weighted by Gasteiger charge is -2.27. The SMILES string of the molecule is CCOCC1CCN(C(=NCC(=O)N(C)C)NCC2CCCCO2)C1.I. The number of carbonyl (C=O) groups is 1. The van der Waals surface area contributed by atoms with Gasteiger partial charge >= 0.3 is 0 Å². The summed E-state index contributed by atoms with van der Waals surface area (Å²) in [5.41, 5.74) is 0. The van der Waals surface area contributed by atoms with Gasteiger partial charge in [-0.15, -0.1) is 24.0 Å². The minimum atomic E-state index is 0. The zero-order chi connectivity index (χ0) is 18.1. The third-order valence-electron chi connectivity index (χ3n) is 4.77. The highest BCUT2D eigenvalue weighted by Crippen LogP contribution is 2.17. The predicted octanol–water partition coefficient (Wildman–Crippen LogP) is 1.57. The van der Waals surface area contributed by atoms with E-state index in [1.807, 2.05) is 6.92 Å². The van der Waals surface area contributed by atoms with E-state index in [1.54, 1.807) is 19.0 Å². The molecule has 2 aliphatic heterocycles. The van der Waals surface area contributed by atoms with E-state index in [9.17, 15) is 4.79 Å². The van der Waals surface area contributed by atoms with Gasteiger partial charge in [0.05, 0.1) is 12.7 Å². The Morgan fingerprint density at radius 2 is 2.15 bits per heavy atom. The van der Waals surface area contributed by atoms with Gasteiger partial charge in [0.2, 0.25) is 5.91 Å². The van der Waals surface area contributed by atoms with E-state index in [4.69, 9.17) is 9.47 Å². The summed E-state index contributed by atoms with van der Waals surface area (Å²) in [6.07, 6.45) is 4.80. The Hall–Kier alpha value is -0.610. The number of aliphatic imine (C=N–C) groups is 1. The van der Waals surface area contributed by atoms with Gasteiger partial charge in [-0.2, -0.15) is 0 Å². The summed E-state index contributed by atoms with van der Waals surface area (Å²) in [5.74, 6) is 1.36. The molecule has 2 saturated heterocycles. The molecule has 0 aromatic heterocycles. The first kappa shape index (κ1) is 23.4. The van der Waals surface area contributed by atoms with Crippen molar-refractivity contribution in [2.45, 2.75) is 38.7 Å². The van der Waals surface area contributed by atoms with Crippen LogP contribution in [0.4, 0.5) is 0 Å². The van der Waals surface area contributed by atoms with Crippen LogP contribution in [0, 0.1) is 5.92 Å². The van der Waals surface area contributed by atoms with E-state index in [-0.39, 0.29) is 42.5 Å². The highest BCUT2D eigenvalue weighted by atomic mass is 127. The number of amides is 1. The van der Waals surface area contributed by atoms with Crippen LogP contribution in [-0.2, 0) is 14.3 Å².